The Morgan fingerprint density at radius 1 is 1.24 bits per heavy atom. The van der Waals surface area contributed by atoms with Crippen LogP contribution in [0.3, 0.4) is 0 Å². The van der Waals surface area contributed by atoms with Gasteiger partial charge in [0.25, 0.3) is 10.1 Å². The minimum Gasteiger partial charge on any atom is -0.488 e. The number of ether oxygens (including phenoxy) is 1. The van der Waals surface area contributed by atoms with Gasteiger partial charge in [-0.25, -0.2) is 14.1 Å². The second-order valence-electron chi connectivity index (χ2n) is 6.45. The fourth-order valence-electron chi connectivity index (χ4n) is 2.89. The summed E-state index contributed by atoms with van der Waals surface area (Å²) in [5.74, 6) is -1.12. The summed E-state index contributed by atoms with van der Waals surface area (Å²) in [6.45, 7) is 2.14. The summed E-state index contributed by atoms with van der Waals surface area (Å²) in [5, 5.41) is 4.41. The number of aryl methyl sites for hydroxylation is 1. The zero-order valence-electron chi connectivity index (χ0n) is 15.2. The third-order valence-corrected chi connectivity index (χ3v) is 5.49. The highest BCUT2D eigenvalue weighted by atomic mass is 32.2. The molecule has 0 aromatic heterocycles. The van der Waals surface area contributed by atoms with Crippen LogP contribution < -0.4 is 10.1 Å². The maximum absolute atomic E-state index is 13.5. The number of rotatable bonds is 2. The van der Waals surface area contributed by atoms with Crippen LogP contribution in [0.25, 0.3) is 0 Å². The minimum absolute atomic E-state index is 0.0666. The van der Waals surface area contributed by atoms with E-state index in [2.05, 4.69) is 5.32 Å². The summed E-state index contributed by atoms with van der Waals surface area (Å²) >= 11 is 5.06. The lowest BCUT2D eigenvalue weighted by Gasteiger charge is -2.31. The van der Waals surface area contributed by atoms with Crippen molar-refractivity contribution in [2.75, 3.05) is 6.61 Å². The van der Waals surface area contributed by atoms with Crippen molar-refractivity contribution in [2.45, 2.75) is 24.3 Å². The Morgan fingerprint density at radius 3 is 2.52 bits per heavy atom. The van der Waals surface area contributed by atoms with Gasteiger partial charge in [-0.2, -0.15) is 8.42 Å². The largest absolute Gasteiger partial charge is 0.488 e. The van der Waals surface area contributed by atoms with Crippen LogP contribution in [-0.2, 0) is 16.5 Å². The van der Waals surface area contributed by atoms with Gasteiger partial charge in [-0.15, -0.1) is 0 Å². The molecule has 1 radical (unpaired) electrons. The SMILES string of the molecule is Cc1ccc(S(=O)(=O)O)cc1.Fc1cc(F)c2c(c1)CC(N1C=C[N]C1=S)CO2. The van der Waals surface area contributed by atoms with Crippen molar-refractivity contribution in [2.24, 2.45) is 0 Å². The van der Waals surface area contributed by atoms with E-state index >= 15 is 0 Å². The third kappa shape index (κ3) is 5.08. The first-order chi connectivity index (χ1) is 13.6. The second-order valence-corrected chi connectivity index (χ2v) is 8.24. The highest BCUT2D eigenvalue weighted by Gasteiger charge is 2.30. The first kappa shape index (κ1) is 21.2. The fourth-order valence-corrected chi connectivity index (χ4v) is 3.64. The summed E-state index contributed by atoms with van der Waals surface area (Å²) < 4.78 is 61.6. The molecule has 10 heteroatoms. The van der Waals surface area contributed by atoms with Crippen molar-refractivity contribution < 1.29 is 26.5 Å². The van der Waals surface area contributed by atoms with Crippen molar-refractivity contribution in [1.29, 1.82) is 0 Å². The fraction of sp³-hybridized carbons (Fsp3) is 0.211. The minimum atomic E-state index is -4.02. The highest BCUT2D eigenvalue weighted by Crippen LogP contribution is 2.31. The molecule has 0 aliphatic carbocycles. The van der Waals surface area contributed by atoms with Crippen LogP contribution in [0.15, 0.2) is 53.7 Å². The molecule has 1 unspecified atom stereocenters. The van der Waals surface area contributed by atoms with E-state index in [0.29, 0.717) is 23.7 Å². The molecular weight excluding hydrogens is 422 g/mol. The molecule has 0 amide bonds. The lowest BCUT2D eigenvalue weighted by atomic mass is 10.0. The van der Waals surface area contributed by atoms with Crippen LogP contribution in [0, 0.1) is 18.6 Å². The van der Waals surface area contributed by atoms with Crippen molar-refractivity contribution in [3.63, 3.8) is 0 Å². The van der Waals surface area contributed by atoms with E-state index in [1.165, 1.54) is 18.2 Å². The molecule has 4 rings (SSSR count). The second kappa shape index (κ2) is 8.44. The number of benzene rings is 2. The molecule has 0 fully saturated rings. The van der Waals surface area contributed by atoms with Crippen LogP contribution in [0.4, 0.5) is 8.78 Å². The molecular formula is C19H17F2N2O4S2. The predicted octanol–water partition coefficient (Wildman–Crippen LogP) is 3.19. The van der Waals surface area contributed by atoms with Crippen LogP contribution in [0.2, 0.25) is 0 Å². The topological polar surface area (TPSA) is 80.9 Å². The van der Waals surface area contributed by atoms with Crippen molar-refractivity contribution >= 4 is 27.4 Å². The molecule has 2 aromatic carbocycles. The zero-order chi connectivity index (χ0) is 21.2. The molecule has 0 bridgehead atoms. The van der Waals surface area contributed by atoms with Gasteiger partial charge in [-0.3, -0.25) is 4.55 Å². The monoisotopic (exact) mass is 439 g/mol. The summed E-state index contributed by atoms with van der Waals surface area (Å²) in [5.41, 5.74) is 1.48. The van der Waals surface area contributed by atoms with Crippen molar-refractivity contribution in [1.82, 2.24) is 10.2 Å². The number of thiocarbonyl (C=S) groups is 1. The summed E-state index contributed by atoms with van der Waals surface area (Å²) in [6.07, 6.45) is 3.82. The van der Waals surface area contributed by atoms with E-state index in [1.807, 2.05) is 6.92 Å². The van der Waals surface area contributed by atoms with Crippen LogP contribution in [0.1, 0.15) is 11.1 Å². The van der Waals surface area contributed by atoms with Gasteiger partial charge in [0.15, 0.2) is 16.7 Å². The first-order valence-corrected chi connectivity index (χ1v) is 10.3. The summed E-state index contributed by atoms with van der Waals surface area (Å²) in [4.78, 5) is 1.71. The number of halogens is 2. The number of hydrogen-bond acceptors (Lipinski definition) is 4. The molecule has 2 aliphatic heterocycles. The van der Waals surface area contributed by atoms with Gasteiger partial charge in [0.2, 0.25) is 0 Å². The average Bonchev–Trinajstić information content (AvgIpc) is 3.07. The molecule has 0 saturated carbocycles. The molecule has 0 saturated heterocycles. The highest BCUT2D eigenvalue weighted by molar-refractivity contribution is 7.85. The third-order valence-electron chi connectivity index (χ3n) is 4.31. The number of hydrogen-bond donors (Lipinski definition) is 1. The molecule has 1 N–H and O–H groups in total. The number of nitrogens with zero attached hydrogens (tertiary/aromatic N) is 2. The van der Waals surface area contributed by atoms with Gasteiger partial charge in [-0.1, -0.05) is 17.7 Å². The van der Waals surface area contributed by atoms with Gasteiger partial charge in [-0.05, 0) is 37.3 Å². The smallest absolute Gasteiger partial charge is 0.294 e. The Morgan fingerprint density at radius 2 is 1.93 bits per heavy atom. The normalized spacial score (nSPS) is 17.7. The molecule has 0 spiro atoms. The van der Waals surface area contributed by atoms with Gasteiger partial charge >= 0.3 is 0 Å². The molecule has 29 heavy (non-hydrogen) atoms. The van der Waals surface area contributed by atoms with Crippen LogP contribution in [-0.4, -0.2) is 35.6 Å². The number of fused-ring (bicyclic) bond motifs is 1. The summed E-state index contributed by atoms with van der Waals surface area (Å²) in [6, 6.07) is 8.04. The molecule has 2 heterocycles. The molecule has 6 nitrogen and oxygen atoms in total. The Kier molecular flexibility index (Phi) is 6.15. The quantitative estimate of drug-likeness (QED) is 0.572. The molecule has 153 valence electrons. The first-order valence-electron chi connectivity index (χ1n) is 8.50. The van der Waals surface area contributed by atoms with Gasteiger partial charge in [0, 0.05) is 30.5 Å². The van der Waals surface area contributed by atoms with E-state index in [1.54, 1.807) is 29.4 Å². The van der Waals surface area contributed by atoms with E-state index < -0.39 is 21.8 Å². The zero-order valence-corrected chi connectivity index (χ0v) is 16.9. The molecule has 2 aromatic rings. The predicted molar refractivity (Wildman–Crippen MR) is 106 cm³/mol. The maximum atomic E-state index is 13.5. The van der Waals surface area contributed by atoms with Crippen molar-refractivity contribution in [3.05, 3.63) is 71.6 Å². The average molecular weight is 439 g/mol. The van der Waals surface area contributed by atoms with E-state index in [0.717, 1.165) is 11.6 Å². The van der Waals surface area contributed by atoms with Crippen molar-refractivity contribution in [3.8, 4) is 5.75 Å². The molecule has 2 aliphatic rings. The Labute approximate surface area is 172 Å². The van der Waals surface area contributed by atoms with E-state index in [-0.39, 0.29) is 16.7 Å². The van der Waals surface area contributed by atoms with E-state index in [4.69, 9.17) is 21.5 Å². The van der Waals surface area contributed by atoms with Crippen LogP contribution >= 0.6 is 12.2 Å². The summed E-state index contributed by atoms with van der Waals surface area (Å²) in [7, 11) is -4.02. The van der Waals surface area contributed by atoms with Gasteiger partial charge in [0.05, 0.1) is 10.9 Å². The Hall–Kier alpha value is -2.56. The standard InChI is InChI=1S/C12H9F2N2OS.C7H8O3S/c13-8-3-7-4-9(16-2-1-15-12(16)18)6-17-11(7)10(14)5-8;1-6-2-4-7(5-3-6)11(8,9)10/h1-3,5,9H,4,6H2;2-5H,1H3,(H,8,9,10). The van der Waals surface area contributed by atoms with E-state index in [9.17, 15) is 17.2 Å². The molecule has 1 atom stereocenters. The lowest BCUT2D eigenvalue weighted by Crippen LogP contribution is -2.42. The maximum Gasteiger partial charge on any atom is 0.294 e. The van der Waals surface area contributed by atoms with Crippen LogP contribution in [0.5, 0.6) is 5.75 Å². The Bertz CT molecular complexity index is 1060. The lowest BCUT2D eigenvalue weighted by molar-refractivity contribution is 0.196. The Balaban J connectivity index is 0.000000188. The van der Waals surface area contributed by atoms with Gasteiger partial charge in [0.1, 0.15) is 12.4 Å². The van der Waals surface area contributed by atoms with Gasteiger partial charge < -0.3 is 9.64 Å².